The Hall–Kier alpha value is -2.41. The molecule has 1 fully saturated rings. The number of hydrogen-bond donors (Lipinski definition) is 1. The molecule has 110 valence electrons. The van der Waals surface area contributed by atoms with Gasteiger partial charge in [-0.3, -0.25) is 15.0 Å². The van der Waals surface area contributed by atoms with Crippen LogP contribution in [0.2, 0.25) is 0 Å². The maximum absolute atomic E-state index is 10.7. The number of imidazole rings is 1. The van der Waals surface area contributed by atoms with Crippen molar-refractivity contribution in [3.8, 4) is 0 Å². The smallest absolute Gasteiger partial charge is 0.269 e. The molecule has 0 unspecified atom stereocenters. The Kier molecular flexibility index (Phi) is 3.83. The van der Waals surface area contributed by atoms with Gasteiger partial charge in [0.05, 0.1) is 11.5 Å². The van der Waals surface area contributed by atoms with Gasteiger partial charge in [-0.05, 0) is 12.1 Å². The van der Waals surface area contributed by atoms with Crippen LogP contribution in [0.15, 0.2) is 36.7 Å². The van der Waals surface area contributed by atoms with E-state index in [4.69, 9.17) is 0 Å². The minimum absolute atomic E-state index is 0.134. The summed E-state index contributed by atoms with van der Waals surface area (Å²) in [6.07, 6.45) is 3.60. The highest BCUT2D eigenvalue weighted by atomic mass is 16.6. The summed E-state index contributed by atoms with van der Waals surface area (Å²) in [6.45, 7) is 4.58. The molecule has 1 aromatic carbocycles. The van der Waals surface area contributed by atoms with Crippen molar-refractivity contribution in [2.75, 3.05) is 31.1 Å². The molecule has 7 nitrogen and oxygen atoms in total. The second kappa shape index (κ2) is 5.92. The first kappa shape index (κ1) is 13.6. The highest BCUT2D eigenvalue weighted by molar-refractivity contribution is 5.51. The number of piperazine rings is 1. The van der Waals surface area contributed by atoms with Crippen LogP contribution in [0.3, 0.4) is 0 Å². The van der Waals surface area contributed by atoms with Crippen molar-refractivity contribution in [2.45, 2.75) is 6.54 Å². The van der Waals surface area contributed by atoms with Crippen LogP contribution in [0.4, 0.5) is 11.4 Å². The largest absolute Gasteiger partial charge is 0.369 e. The summed E-state index contributed by atoms with van der Waals surface area (Å²) >= 11 is 0. The zero-order chi connectivity index (χ0) is 14.7. The van der Waals surface area contributed by atoms with E-state index in [2.05, 4.69) is 19.8 Å². The maximum atomic E-state index is 10.7. The molecular weight excluding hydrogens is 270 g/mol. The van der Waals surface area contributed by atoms with Gasteiger partial charge in [-0.25, -0.2) is 4.98 Å². The molecule has 1 aromatic heterocycles. The van der Waals surface area contributed by atoms with E-state index in [1.54, 1.807) is 18.3 Å². The number of hydrogen-bond acceptors (Lipinski definition) is 5. The second-order valence-corrected chi connectivity index (χ2v) is 5.07. The molecule has 0 bridgehead atoms. The van der Waals surface area contributed by atoms with Crippen LogP contribution in [0.1, 0.15) is 5.82 Å². The van der Waals surface area contributed by atoms with Gasteiger partial charge in [-0.1, -0.05) is 0 Å². The summed E-state index contributed by atoms with van der Waals surface area (Å²) in [4.78, 5) is 22.2. The molecule has 21 heavy (non-hydrogen) atoms. The zero-order valence-corrected chi connectivity index (χ0v) is 11.6. The fourth-order valence-electron chi connectivity index (χ4n) is 2.55. The number of nitro benzene ring substituents is 1. The number of nitrogens with one attached hydrogen (secondary N) is 1. The summed E-state index contributed by atoms with van der Waals surface area (Å²) in [5.41, 5.74) is 1.17. The number of aromatic amines is 1. The minimum atomic E-state index is -0.370. The number of H-pyrrole nitrogens is 1. The predicted molar refractivity (Wildman–Crippen MR) is 79.2 cm³/mol. The number of rotatable bonds is 4. The van der Waals surface area contributed by atoms with Crippen molar-refractivity contribution < 1.29 is 4.92 Å². The third-order valence-corrected chi connectivity index (χ3v) is 3.73. The van der Waals surface area contributed by atoms with Gasteiger partial charge in [0.1, 0.15) is 5.82 Å². The lowest BCUT2D eigenvalue weighted by Gasteiger charge is -2.35. The van der Waals surface area contributed by atoms with Crippen LogP contribution in [0.25, 0.3) is 0 Å². The Balaban J connectivity index is 1.56. The van der Waals surface area contributed by atoms with E-state index in [1.807, 2.05) is 18.3 Å². The molecule has 2 aromatic rings. The van der Waals surface area contributed by atoms with Gasteiger partial charge in [0.25, 0.3) is 5.69 Å². The third-order valence-electron chi connectivity index (χ3n) is 3.73. The summed E-state index contributed by atoms with van der Waals surface area (Å²) < 4.78 is 0. The van der Waals surface area contributed by atoms with E-state index < -0.39 is 0 Å². The van der Waals surface area contributed by atoms with Gasteiger partial charge in [0, 0.05) is 56.4 Å². The highest BCUT2D eigenvalue weighted by Crippen LogP contribution is 2.20. The predicted octanol–water partition coefficient (Wildman–Crippen LogP) is 1.64. The minimum Gasteiger partial charge on any atom is -0.369 e. The number of non-ortho nitro benzene ring substituents is 1. The number of aromatic nitrogens is 2. The Labute approximate surface area is 122 Å². The molecule has 1 N–H and O–H groups in total. The number of nitrogens with zero attached hydrogens (tertiary/aromatic N) is 4. The molecular formula is C14H17N5O2. The van der Waals surface area contributed by atoms with Crippen molar-refractivity contribution in [2.24, 2.45) is 0 Å². The van der Waals surface area contributed by atoms with Crippen LogP contribution in [0, 0.1) is 10.1 Å². The van der Waals surface area contributed by atoms with E-state index in [9.17, 15) is 10.1 Å². The fraction of sp³-hybridized carbons (Fsp3) is 0.357. The molecule has 1 aliphatic heterocycles. The molecule has 2 heterocycles. The van der Waals surface area contributed by atoms with Gasteiger partial charge >= 0.3 is 0 Å². The number of benzene rings is 1. The summed E-state index contributed by atoms with van der Waals surface area (Å²) in [5, 5.41) is 10.7. The normalized spacial score (nSPS) is 16.1. The average molecular weight is 287 g/mol. The quantitative estimate of drug-likeness (QED) is 0.683. The summed E-state index contributed by atoms with van der Waals surface area (Å²) in [5.74, 6) is 0.985. The third kappa shape index (κ3) is 3.19. The molecule has 0 amide bonds. The number of anilines is 1. The second-order valence-electron chi connectivity index (χ2n) is 5.07. The topological polar surface area (TPSA) is 78.3 Å². The van der Waals surface area contributed by atoms with Crippen LogP contribution < -0.4 is 4.90 Å². The van der Waals surface area contributed by atoms with Gasteiger partial charge < -0.3 is 9.88 Å². The molecule has 7 heteroatoms. The van der Waals surface area contributed by atoms with Gasteiger partial charge in [0.15, 0.2) is 0 Å². The monoisotopic (exact) mass is 287 g/mol. The SMILES string of the molecule is O=[N+]([O-])c1ccc(N2CCN(Cc3ncc[nH]3)CC2)cc1. The van der Waals surface area contributed by atoms with Crippen molar-refractivity contribution in [3.05, 3.63) is 52.6 Å². The molecule has 1 saturated heterocycles. The molecule has 1 aliphatic rings. The van der Waals surface area contributed by atoms with Crippen LogP contribution >= 0.6 is 0 Å². The molecule has 0 aliphatic carbocycles. The van der Waals surface area contributed by atoms with Gasteiger partial charge in [-0.15, -0.1) is 0 Å². The Morgan fingerprint density at radius 3 is 2.48 bits per heavy atom. The van der Waals surface area contributed by atoms with Crippen molar-refractivity contribution in [3.63, 3.8) is 0 Å². The molecule has 0 atom stereocenters. The molecule has 0 radical (unpaired) electrons. The van der Waals surface area contributed by atoms with E-state index >= 15 is 0 Å². The Bertz CT molecular complexity index is 588. The summed E-state index contributed by atoms with van der Waals surface area (Å²) in [6, 6.07) is 6.76. The molecule has 0 spiro atoms. The fourth-order valence-corrected chi connectivity index (χ4v) is 2.55. The van der Waals surface area contributed by atoms with Crippen LogP contribution in [-0.4, -0.2) is 46.0 Å². The van der Waals surface area contributed by atoms with Crippen molar-refractivity contribution in [1.82, 2.24) is 14.9 Å². The summed E-state index contributed by atoms with van der Waals surface area (Å²) in [7, 11) is 0. The maximum Gasteiger partial charge on any atom is 0.269 e. The standard InChI is InChI=1S/C14H17N5O2/c20-19(21)13-3-1-12(2-4-13)18-9-7-17(8-10-18)11-14-15-5-6-16-14/h1-6H,7-11H2,(H,15,16). The average Bonchev–Trinajstić information content (AvgIpc) is 3.01. The molecule has 0 saturated carbocycles. The first-order chi connectivity index (χ1) is 10.2. The van der Waals surface area contributed by atoms with E-state index in [-0.39, 0.29) is 10.6 Å². The lowest BCUT2D eigenvalue weighted by atomic mass is 10.2. The first-order valence-electron chi connectivity index (χ1n) is 6.92. The van der Waals surface area contributed by atoms with Gasteiger partial charge in [-0.2, -0.15) is 0 Å². The van der Waals surface area contributed by atoms with Crippen molar-refractivity contribution in [1.29, 1.82) is 0 Å². The lowest BCUT2D eigenvalue weighted by molar-refractivity contribution is -0.384. The Morgan fingerprint density at radius 2 is 1.90 bits per heavy atom. The molecule has 3 rings (SSSR count). The van der Waals surface area contributed by atoms with E-state index in [1.165, 1.54) is 0 Å². The number of nitro groups is 1. The lowest BCUT2D eigenvalue weighted by Crippen LogP contribution is -2.46. The van der Waals surface area contributed by atoms with E-state index in [0.29, 0.717) is 0 Å². The zero-order valence-electron chi connectivity index (χ0n) is 11.6. The van der Waals surface area contributed by atoms with Crippen molar-refractivity contribution >= 4 is 11.4 Å². The first-order valence-corrected chi connectivity index (χ1v) is 6.92. The van der Waals surface area contributed by atoms with E-state index in [0.717, 1.165) is 44.2 Å². The van der Waals surface area contributed by atoms with Crippen LogP contribution in [-0.2, 0) is 6.54 Å². The van der Waals surface area contributed by atoms with Crippen LogP contribution in [0.5, 0.6) is 0 Å². The van der Waals surface area contributed by atoms with Gasteiger partial charge in [0.2, 0.25) is 0 Å². The highest BCUT2D eigenvalue weighted by Gasteiger charge is 2.18. The Morgan fingerprint density at radius 1 is 1.19 bits per heavy atom.